The maximum absolute atomic E-state index is 13.2. The summed E-state index contributed by atoms with van der Waals surface area (Å²) >= 11 is 5.89. The molecule has 0 aliphatic heterocycles. The molecule has 0 fully saturated rings. The van der Waals surface area contributed by atoms with Crippen molar-refractivity contribution in [2.45, 2.75) is 13.3 Å². The minimum absolute atomic E-state index is 0.0706. The molecule has 2 rings (SSSR count). The SMILES string of the molecule is CCc1c(Cl)ncnc1Oc1cc(F)ccc1[N+](=O)[O-]. The zero-order chi connectivity index (χ0) is 14.7. The molecule has 0 N–H and O–H groups in total. The molecular formula is C12H9ClFN3O3. The van der Waals surface area contributed by atoms with Gasteiger partial charge in [-0.25, -0.2) is 14.4 Å². The Morgan fingerprint density at radius 1 is 1.45 bits per heavy atom. The third-order valence-corrected chi connectivity index (χ3v) is 2.86. The largest absolute Gasteiger partial charge is 0.431 e. The molecule has 2 aromatic rings. The number of nitrogens with zero attached hydrogens (tertiary/aromatic N) is 3. The maximum Gasteiger partial charge on any atom is 0.311 e. The molecular weight excluding hydrogens is 289 g/mol. The lowest BCUT2D eigenvalue weighted by atomic mass is 10.2. The summed E-state index contributed by atoms with van der Waals surface area (Å²) in [6, 6.07) is 2.94. The van der Waals surface area contributed by atoms with E-state index in [1.807, 2.05) is 0 Å². The van der Waals surface area contributed by atoms with Gasteiger partial charge >= 0.3 is 5.69 Å². The summed E-state index contributed by atoms with van der Waals surface area (Å²) in [5.74, 6) is -0.815. The summed E-state index contributed by atoms with van der Waals surface area (Å²) in [5, 5.41) is 11.1. The maximum atomic E-state index is 13.2. The van der Waals surface area contributed by atoms with Gasteiger partial charge in [0.05, 0.1) is 10.5 Å². The van der Waals surface area contributed by atoms with Crippen molar-refractivity contribution in [3.05, 3.63) is 51.2 Å². The van der Waals surface area contributed by atoms with Gasteiger partial charge in [0.2, 0.25) is 11.6 Å². The Bertz CT molecular complexity index is 666. The monoisotopic (exact) mass is 297 g/mol. The zero-order valence-corrected chi connectivity index (χ0v) is 11.1. The second-order valence-electron chi connectivity index (χ2n) is 3.77. The molecule has 0 aliphatic rings. The molecule has 0 amide bonds. The van der Waals surface area contributed by atoms with E-state index in [0.29, 0.717) is 12.0 Å². The van der Waals surface area contributed by atoms with Gasteiger partial charge in [0.15, 0.2) is 0 Å². The number of aromatic nitrogens is 2. The van der Waals surface area contributed by atoms with Gasteiger partial charge in [-0.1, -0.05) is 18.5 Å². The molecule has 0 spiro atoms. The van der Waals surface area contributed by atoms with Crippen LogP contribution < -0.4 is 4.74 Å². The molecule has 0 aliphatic carbocycles. The van der Waals surface area contributed by atoms with Crippen LogP contribution in [0.25, 0.3) is 0 Å². The quantitative estimate of drug-likeness (QED) is 0.490. The molecule has 0 saturated carbocycles. The van der Waals surface area contributed by atoms with E-state index in [4.69, 9.17) is 16.3 Å². The van der Waals surface area contributed by atoms with Gasteiger partial charge in [-0.3, -0.25) is 10.1 Å². The van der Waals surface area contributed by atoms with E-state index in [2.05, 4.69) is 9.97 Å². The Labute approximate surface area is 118 Å². The van der Waals surface area contributed by atoms with Crippen molar-refractivity contribution in [1.82, 2.24) is 9.97 Å². The molecule has 8 heteroatoms. The molecule has 20 heavy (non-hydrogen) atoms. The highest BCUT2D eigenvalue weighted by molar-refractivity contribution is 6.30. The number of nitro benzene ring substituents is 1. The molecule has 104 valence electrons. The molecule has 1 aromatic carbocycles. The molecule has 0 bridgehead atoms. The van der Waals surface area contributed by atoms with Gasteiger partial charge in [0.1, 0.15) is 17.3 Å². The van der Waals surface area contributed by atoms with Crippen LogP contribution in [-0.2, 0) is 6.42 Å². The van der Waals surface area contributed by atoms with Crippen LogP contribution in [0.1, 0.15) is 12.5 Å². The van der Waals surface area contributed by atoms with Gasteiger partial charge in [0.25, 0.3) is 0 Å². The van der Waals surface area contributed by atoms with Crippen LogP contribution in [0.4, 0.5) is 10.1 Å². The number of hydrogen-bond acceptors (Lipinski definition) is 5. The van der Waals surface area contributed by atoms with Crippen molar-refractivity contribution in [2.24, 2.45) is 0 Å². The predicted molar refractivity (Wildman–Crippen MR) is 69.5 cm³/mol. The number of ether oxygens (including phenoxy) is 1. The van der Waals surface area contributed by atoms with Crippen LogP contribution in [0.5, 0.6) is 11.6 Å². The summed E-state index contributed by atoms with van der Waals surface area (Å²) in [6.07, 6.45) is 1.64. The van der Waals surface area contributed by atoms with Gasteiger partial charge in [-0.15, -0.1) is 0 Å². The van der Waals surface area contributed by atoms with E-state index in [1.54, 1.807) is 6.92 Å². The van der Waals surface area contributed by atoms with Crippen molar-refractivity contribution in [1.29, 1.82) is 0 Å². The van der Waals surface area contributed by atoms with E-state index in [1.165, 1.54) is 6.33 Å². The van der Waals surface area contributed by atoms with Crippen molar-refractivity contribution < 1.29 is 14.1 Å². The summed E-state index contributed by atoms with van der Waals surface area (Å²) in [5.41, 5.74) is 0.135. The van der Waals surface area contributed by atoms with Crippen molar-refractivity contribution in [3.8, 4) is 11.6 Å². The van der Waals surface area contributed by atoms with Crippen molar-refractivity contribution >= 4 is 17.3 Å². The summed E-state index contributed by atoms with van der Waals surface area (Å²) in [6.45, 7) is 1.80. The van der Waals surface area contributed by atoms with Crippen LogP contribution in [0.3, 0.4) is 0 Å². The van der Waals surface area contributed by atoms with Crippen LogP contribution in [0.15, 0.2) is 24.5 Å². The fourth-order valence-electron chi connectivity index (χ4n) is 1.59. The summed E-state index contributed by atoms with van der Waals surface area (Å²) in [7, 11) is 0. The Morgan fingerprint density at radius 2 is 2.20 bits per heavy atom. The molecule has 1 aromatic heterocycles. The lowest BCUT2D eigenvalue weighted by Gasteiger charge is -2.09. The first-order valence-electron chi connectivity index (χ1n) is 5.64. The molecule has 0 saturated heterocycles. The lowest BCUT2D eigenvalue weighted by molar-refractivity contribution is -0.385. The minimum Gasteiger partial charge on any atom is -0.431 e. The fraction of sp³-hybridized carbons (Fsp3) is 0.167. The topological polar surface area (TPSA) is 78.2 Å². The average molecular weight is 298 g/mol. The average Bonchev–Trinajstić information content (AvgIpc) is 2.38. The second-order valence-corrected chi connectivity index (χ2v) is 4.13. The Kier molecular flexibility index (Phi) is 4.09. The van der Waals surface area contributed by atoms with Crippen LogP contribution in [0.2, 0.25) is 5.15 Å². The predicted octanol–water partition coefficient (Wildman–Crippen LogP) is 3.53. The fourth-order valence-corrected chi connectivity index (χ4v) is 1.84. The van der Waals surface area contributed by atoms with Gasteiger partial charge in [0, 0.05) is 12.1 Å². The van der Waals surface area contributed by atoms with Gasteiger partial charge in [-0.05, 0) is 12.5 Å². The third-order valence-electron chi connectivity index (χ3n) is 2.53. The van der Waals surface area contributed by atoms with Gasteiger partial charge < -0.3 is 4.74 Å². The van der Waals surface area contributed by atoms with E-state index < -0.39 is 10.7 Å². The first-order chi connectivity index (χ1) is 9.52. The number of halogens is 2. The summed E-state index contributed by atoms with van der Waals surface area (Å²) in [4.78, 5) is 17.9. The van der Waals surface area contributed by atoms with Crippen molar-refractivity contribution in [2.75, 3.05) is 0 Å². The standard InChI is InChI=1S/C12H9ClFN3O3/c1-2-8-11(13)15-6-16-12(8)20-10-5-7(14)3-4-9(10)17(18)19/h3-6H,2H2,1H3. The normalized spacial score (nSPS) is 10.3. The molecule has 0 atom stereocenters. The third kappa shape index (κ3) is 2.83. The van der Waals surface area contributed by atoms with Gasteiger partial charge in [-0.2, -0.15) is 0 Å². The molecule has 0 unspecified atom stereocenters. The first-order valence-corrected chi connectivity index (χ1v) is 6.02. The number of hydrogen-bond donors (Lipinski definition) is 0. The highest BCUT2D eigenvalue weighted by Gasteiger charge is 2.19. The summed E-state index contributed by atoms with van der Waals surface area (Å²) < 4.78 is 18.6. The zero-order valence-electron chi connectivity index (χ0n) is 10.3. The second kappa shape index (κ2) is 5.79. The first kappa shape index (κ1) is 14.1. The number of benzene rings is 1. The molecule has 6 nitrogen and oxygen atoms in total. The van der Waals surface area contributed by atoms with E-state index >= 15 is 0 Å². The minimum atomic E-state index is -0.664. The number of nitro groups is 1. The highest BCUT2D eigenvalue weighted by atomic mass is 35.5. The Hall–Kier alpha value is -2.28. The smallest absolute Gasteiger partial charge is 0.311 e. The Balaban J connectivity index is 2.47. The van der Waals surface area contributed by atoms with Crippen LogP contribution in [0, 0.1) is 15.9 Å². The van der Waals surface area contributed by atoms with E-state index in [0.717, 1.165) is 18.2 Å². The number of rotatable bonds is 4. The lowest BCUT2D eigenvalue weighted by Crippen LogP contribution is -1.99. The van der Waals surface area contributed by atoms with Crippen LogP contribution >= 0.6 is 11.6 Å². The van der Waals surface area contributed by atoms with E-state index in [-0.39, 0.29) is 22.5 Å². The van der Waals surface area contributed by atoms with Crippen LogP contribution in [-0.4, -0.2) is 14.9 Å². The highest BCUT2D eigenvalue weighted by Crippen LogP contribution is 2.33. The molecule has 1 heterocycles. The molecule has 0 radical (unpaired) electrons. The Morgan fingerprint density at radius 3 is 2.85 bits per heavy atom. The van der Waals surface area contributed by atoms with E-state index in [9.17, 15) is 14.5 Å². The van der Waals surface area contributed by atoms with Crippen molar-refractivity contribution in [3.63, 3.8) is 0 Å².